The summed E-state index contributed by atoms with van der Waals surface area (Å²) >= 11 is 5.84. The number of aryl methyl sites for hydroxylation is 1. The van der Waals surface area contributed by atoms with E-state index in [1.165, 1.54) is 10.9 Å². The number of aromatic nitrogens is 2. The smallest absolute Gasteiger partial charge is 0.259 e. The van der Waals surface area contributed by atoms with Gasteiger partial charge in [0.25, 0.3) is 10.0 Å². The first kappa shape index (κ1) is 20.9. The minimum absolute atomic E-state index is 0. The van der Waals surface area contributed by atoms with Crippen LogP contribution in [0.5, 0.6) is 0 Å². The van der Waals surface area contributed by atoms with Crippen LogP contribution in [0.2, 0.25) is 5.02 Å². The summed E-state index contributed by atoms with van der Waals surface area (Å²) < 4.78 is 28.0. The molecule has 0 unspecified atom stereocenters. The van der Waals surface area contributed by atoms with E-state index >= 15 is 0 Å². The molecule has 1 aliphatic heterocycles. The van der Waals surface area contributed by atoms with E-state index in [-0.39, 0.29) is 34.9 Å². The third-order valence-corrected chi connectivity index (χ3v) is 4.99. The number of sulfonamides is 1. The maximum absolute atomic E-state index is 12.1. The van der Waals surface area contributed by atoms with Crippen molar-refractivity contribution in [2.24, 2.45) is 7.05 Å². The van der Waals surface area contributed by atoms with Crippen LogP contribution >= 0.6 is 36.4 Å². The lowest BCUT2D eigenvalue weighted by Crippen LogP contribution is -2.46. The molecule has 0 radical (unpaired) electrons. The normalized spacial score (nSPS) is 16.1. The van der Waals surface area contributed by atoms with Crippen molar-refractivity contribution in [3.63, 3.8) is 0 Å². The average Bonchev–Trinajstić information content (AvgIpc) is 2.70. The van der Waals surface area contributed by atoms with Crippen LogP contribution in [0.4, 0.5) is 0 Å². The van der Waals surface area contributed by atoms with Crippen molar-refractivity contribution in [1.82, 2.24) is 24.7 Å². The van der Waals surface area contributed by atoms with Crippen LogP contribution in [0.25, 0.3) is 0 Å². The Balaban J connectivity index is 0.00000200. The highest BCUT2D eigenvalue weighted by Crippen LogP contribution is 2.19. The molecule has 2 N–H and O–H groups in total. The number of nitrogens with zero attached hydrogens (tertiary/aromatic N) is 3. The maximum Gasteiger partial charge on any atom is 0.259 e. The highest BCUT2D eigenvalue weighted by molar-refractivity contribution is 7.89. The molecule has 0 amide bonds. The molecule has 0 atom stereocenters. The number of piperazine rings is 1. The van der Waals surface area contributed by atoms with Gasteiger partial charge < -0.3 is 5.32 Å². The number of hydrogen-bond acceptors (Lipinski definition) is 5. The molecule has 1 saturated heterocycles. The van der Waals surface area contributed by atoms with E-state index in [2.05, 4.69) is 20.0 Å². The first-order chi connectivity index (χ1) is 9.00. The molecular weight excluding hydrogens is 361 g/mol. The van der Waals surface area contributed by atoms with Gasteiger partial charge in [0, 0.05) is 46.3 Å². The molecule has 0 aliphatic carbocycles. The van der Waals surface area contributed by atoms with Gasteiger partial charge in [0.2, 0.25) is 0 Å². The van der Waals surface area contributed by atoms with Crippen LogP contribution < -0.4 is 10.0 Å². The largest absolute Gasteiger partial charge is 0.314 e. The standard InChI is InChI=1S/C10H18ClN5O2S.2ClH/c1-15-10(9(11)8-13-15)19(17,18)14-4-7-16-5-2-12-3-6-16;;/h8,12,14H,2-7H2,1H3;2*1H. The summed E-state index contributed by atoms with van der Waals surface area (Å²) in [5.74, 6) is 0. The van der Waals surface area contributed by atoms with E-state index in [9.17, 15) is 8.42 Å². The van der Waals surface area contributed by atoms with Crippen molar-refractivity contribution in [3.05, 3.63) is 11.2 Å². The first-order valence-corrected chi connectivity index (χ1v) is 7.97. The maximum atomic E-state index is 12.1. The molecule has 2 rings (SSSR count). The predicted octanol–water partition coefficient (Wildman–Crippen LogP) is 0.101. The summed E-state index contributed by atoms with van der Waals surface area (Å²) in [6, 6.07) is 0. The number of nitrogens with one attached hydrogen (secondary N) is 2. The van der Waals surface area contributed by atoms with Gasteiger partial charge in [-0.05, 0) is 0 Å². The highest BCUT2D eigenvalue weighted by atomic mass is 35.5. The van der Waals surface area contributed by atoms with Gasteiger partial charge in [-0.3, -0.25) is 9.58 Å². The summed E-state index contributed by atoms with van der Waals surface area (Å²) in [7, 11) is -2.05. The fraction of sp³-hybridized carbons (Fsp3) is 0.700. The molecule has 0 aromatic carbocycles. The number of hydrogen-bond donors (Lipinski definition) is 2. The second-order valence-corrected chi connectivity index (χ2v) is 6.50. The summed E-state index contributed by atoms with van der Waals surface area (Å²) in [5.41, 5.74) is 0. The fourth-order valence-corrected chi connectivity index (χ4v) is 3.71. The summed E-state index contributed by atoms with van der Waals surface area (Å²) in [4.78, 5) is 2.21. The van der Waals surface area contributed by atoms with Gasteiger partial charge in [0.15, 0.2) is 5.03 Å². The summed E-state index contributed by atoms with van der Waals surface area (Å²) in [6.07, 6.45) is 1.33. The lowest BCUT2D eigenvalue weighted by Gasteiger charge is -2.27. The Bertz CT molecular complexity index is 511. The zero-order valence-electron chi connectivity index (χ0n) is 11.6. The SMILES string of the molecule is Cl.Cl.Cn1ncc(Cl)c1S(=O)(=O)NCCN1CCNCC1. The van der Waals surface area contributed by atoms with Crippen molar-refractivity contribution in [3.8, 4) is 0 Å². The molecule has 1 aromatic rings. The van der Waals surface area contributed by atoms with Crippen molar-refractivity contribution >= 4 is 46.4 Å². The van der Waals surface area contributed by atoms with Crippen LogP contribution in [0.15, 0.2) is 11.2 Å². The molecule has 124 valence electrons. The van der Waals surface area contributed by atoms with Gasteiger partial charge in [-0.1, -0.05) is 11.6 Å². The molecule has 0 spiro atoms. The molecule has 0 saturated carbocycles. The van der Waals surface area contributed by atoms with Gasteiger partial charge in [-0.25, -0.2) is 13.1 Å². The minimum Gasteiger partial charge on any atom is -0.314 e. The van der Waals surface area contributed by atoms with E-state index in [0.717, 1.165) is 26.2 Å². The van der Waals surface area contributed by atoms with Gasteiger partial charge in [0.1, 0.15) is 0 Å². The summed E-state index contributed by atoms with van der Waals surface area (Å²) in [5, 5.41) is 7.22. The van der Waals surface area contributed by atoms with Gasteiger partial charge in [-0.15, -0.1) is 24.8 Å². The summed E-state index contributed by atoms with van der Waals surface area (Å²) in [6.45, 7) is 4.82. The van der Waals surface area contributed by atoms with Gasteiger partial charge in [0.05, 0.1) is 11.2 Å². The third-order valence-electron chi connectivity index (χ3n) is 3.03. The zero-order chi connectivity index (χ0) is 13.9. The Kier molecular flexibility index (Phi) is 9.10. The molecule has 11 heteroatoms. The average molecular weight is 381 g/mol. The lowest BCUT2D eigenvalue weighted by atomic mass is 10.3. The second kappa shape index (κ2) is 9.14. The predicted molar refractivity (Wildman–Crippen MR) is 87.2 cm³/mol. The number of halogens is 3. The second-order valence-electron chi connectivity index (χ2n) is 4.41. The zero-order valence-corrected chi connectivity index (χ0v) is 14.8. The van der Waals surface area contributed by atoms with E-state index in [0.29, 0.717) is 13.1 Å². The van der Waals surface area contributed by atoms with E-state index in [4.69, 9.17) is 11.6 Å². The Morgan fingerprint density at radius 3 is 2.52 bits per heavy atom. The van der Waals surface area contributed by atoms with Crippen LogP contribution in [-0.4, -0.2) is 62.4 Å². The number of rotatable bonds is 5. The minimum atomic E-state index is -3.60. The Morgan fingerprint density at radius 1 is 1.38 bits per heavy atom. The first-order valence-electron chi connectivity index (χ1n) is 6.11. The van der Waals surface area contributed by atoms with Crippen LogP contribution in [0.1, 0.15) is 0 Å². The van der Waals surface area contributed by atoms with E-state index in [1.54, 1.807) is 7.05 Å². The van der Waals surface area contributed by atoms with E-state index < -0.39 is 10.0 Å². The lowest BCUT2D eigenvalue weighted by molar-refractivity contribution is 0.245. The molecule has 2 heterocycles. The molecule has 0 bridgehead atoms. The molecular formula is C10H20Cl3N5O2S. The van der Waals surface area contributed by atoms with Crippen LogP contribution in [-0.2, 0) is 17.1 Å². The molecule has 21 heavy (non-hydrogen) atoms. The van der Waals surface area contributed by atoms with Crippen LogP contribution in [0.3, 0.4) is 0 Å². The highest BCUT2D eigenvalue weighted by Gasteiger charge is 2.22. The van der Waals surface area contributed by atoms with Crippen molar-refractivity contribution in [1.29, 1.82) is 0 Å². The van der Waals surface area contributed by atoms with Crippen molar-refractivity contribution in [2.75, 3.05) is 39.3 Å². The van der Waals surface area contributed by atoms with Crippen LogP contribution in [0, 0.1) is 0 Å². The fourth-order valence-electron chi connectivity index (χ4n) is 2.04. The van der Waals surface area contributed by atoms with Crippen molar-refractivity contribution < 1.29 is 8.42 Å². The van der Waals surface area contributed by atoms with Crippen molar-refractivity contribution in [2.45, 2.75) is 5.03 Å². The monoisotopic (exact) mass is 379 g/mol. The molecule has 1 fully saturated rings. The Labute approximate surface area is 142 Å². The molecule has 1 aromatic heterocycles. The molecule has 1 aliphatic rings. The molecule has 7 nitrogen and oxygen atoms in total. The van der Waals surface area contributed by atoms with Gasteiger partial charge >= 0.3 is 0 Å². The Morgan fingerprint density at radius 2 is 2.00 bits per heavy atom. The quantitative estimate of drug-likeness (QED) is 0.757. The third kappa shape index (κ3) is 5.55. The van der Waals surface area contributed by atoms with Gasteiger partial charge in [-0.2, -0.15) is 5.10 Å². The van der Waals surface area contributed by atoms with E-state index in [1.807, 2.05) is 0 Å². The Hall–Kier alpha value is -0.0900. The topological polar surface area (TPSA) is 79.3 Å².